The van der Waals surface area contributed by atoms with E-state index in [1.807, 2.05) is 0 Å². The lowest BCUT2D eigenvalue weighted by molar-refractivity contribution is 0.0263. The topological polar surface area (TPSA) is 111 Å². The normalized spacial score (nSPS) is 26.7. The molecule has 2 aromatic heterocycles. The molecule has 3 atom stereocenters. The van der Waals surface area contributed by atoms with Crippen molar-refractivity contribution in [3.63, 3.8) is 0 Å². The van der Waals surface area contributed by atoms with E-state index in [-0.39, 0.29) is 22.2 Å². The number of fused-ring (bicyclic) bond motifs is 1. The van der Waals surface area contributed by atoms with E-state index in [9.17, 15) is 19.4 Å². The number of aromatic amines is 1. The van der Waals surface area contributed by atoms with Gasteiger partial charge < -0.3 is 24.9 Å². The number of aromatic nitrogens is 3. The van der Waals surface area contributed by atoms with Gasteiger partial charge in [-0.15, -0.1) is 0 Å². The highest BCUT2D eigenvalue weighted by atomic mass is 19.1. The lowest BCUT2D eigenvalue weighted by atomic mass is 10.1. The van der Waals surface area contributed by atoms with Crippen molar-refractivity contribution in [2.24, 2.45) is 0 Å². The quantitative estimate of drug-likeness (QED) is 0.577. The third kappa shape index (κ3) is 1.62. The number of hydrogen-bond acceptors (Lipinski definition) is 5. The van der Waals surface area contributed by atoms with Gasteiger partial charge in [-0.25, -0.2) is 9.37 Å². The molecule has 0 unspecified atom stereocenters. The Morgan fingerprint density at radius 3 is 2.85 bits per heavy atom. The van der Waals surface area contributed by atoms with Crippen molar-refractivity contribution >= 4 is 11.0 Å². The summed E-state index contributed by atoms with van der Waals surface area (Å²) in [5.74, 6) is -0.813. The summed E-state index contributed by atoms with van der Waals surface area (Å²) in [6.07, 6.45) is -0.348. The molecule has 0 fully saturated rings. The zero-order valence-corrected chi connectivity index (χ0v) is 10.2. The maximum atomic E-state index is 14.2. The van der Waals surface area contributed by atoms with Gasteiger partial charge in [0.25, 0.3) is 5.56 Å². The zero-order valence-electron chi connectivity index (χ0n) is 10.2. The first-order valence-corrected chi connectivity index (χ1v) is 5.96. The van der Waals surface area contributed by atoms with Crippen LogP contribution in [0.3, 0.4) is 0 Å². The molecule has 20 heavy (non-hydrogen) atoms. The van der Waals surface area contributed by atoms with Crippen LogP contribution in [0.25, 0.3) is 11.0 Å². The fraction of sp³-hybridized carbons (Fsp3) is 0.333. The Morgan fingerprint density at radius 1 is 1.45 bits per heavy atom. The molecule has 0 bridgehead atoms. The number of nitrogens with one attached hydrogen (secondary N) is 1. The molecule has 0 saturated heterocycles. The summed E-state index contributed by atoms with van der Waals surface area (Å²) in [6.45, 7) is -0.687. The number of aliphatic hydroxyl groups excluding tert-OH is 3. The Hall–Kier alpha value is -2.03. The van der Waals surface area contributed by atoms with E-state index in [2.05, 4.69) is 9.97 Å². The lowest BCUT2D eigenvalue weighted by Crippen LogP contribution is -2.30. The molecule has 8 heteroatoms. The van der Waals surface area contributed by atoms with Crippen LogP contribution in [0.2, 0.25) is 0 Å². The number of halogens is 1. The fourth-order valence-corrected chi connectivity index (χ4v) is 2.52. The monoisotopic (exact) mass is 281 g/mol. The number of hydrogen-bond donors (Lipinski definition) is 4. The maximum Gasteiger partial charge on any atom is 0.260 e. The van der Waals surface area contributed by atoms with E-state index in [1.54, 1.807) is 0 Å². The minimum Gasteiger partial charge on any atom is -0.392 e. The molecule has 0 amide bonds. The molecule has 2 aromatic rings. The predicted molar refractivity (Wildman–Crippen MR) is 66.6 cm³/mol. The molecule has 0 aromatic carbocycles. The molecule has 0 radical (unpaired) electrons. The molecule has 4 N–H and O–H groups in total. The first-order valence-electron chi connectivity index (χ1n) is 5.96. The molecule has 1 aliphatic carbocycles. The summed E-state index contributed by atoms with van der Waals surface area (Å²) < 4.78 is 15.5. The largest absolute Gasteiger partial charge is 0.392 e. The Bertz CT molecular complexity index is 750. The van der Waals surface area contributed by atoms with Crippen molar-refractivity contribution in [1.82, 2.24) is 14.5 Å². The van der Waals surface area contributed by atoms with Crippen molar-refractivity contribution in [1.29, 1.82) is 0 Å². The number of rotatable bonds is 2. The van der Waals surface area contributed by atoms with Crippen molar-refractivity contribution in [3.8, 4) is 0 Å². The Labute approximate surface area is 111 Å². The molecular formula is C12H12FN3O4. The van der Waals surface area contributed by atoms with Crippen molar-refractivity contribution < 1.29 is 19.7 Å². The minimum absolute atomic E-state index is 0.194. The predicted octanol–water partition coefficient (Wildman–Crippen LogP) is -0.783. The van der Waals surface area contributed by atoms with Gasteiger partial charge in [0, 0.05) is 11.8 Å². The van der Waals surface area contributed by atoms with E-state index in [4.69, 9.17) is 5.11 Å². The van der Waals surface area contributed by atoms with Crippen LogP contribution in [0.1, 0.15) is 6.04 Å². The van der Waals surface area contributed by atoms with Crippen LogP contribution in [-0.4, -0.2) is 48.7 Å². The second-order valence-corrected chi connectivity index (χ2v) is 4.60. The third-order valence-electron chi connectivity index (χ3n) is 3.55. The van der Waals surface area contributed by atoms with Gasteiger partial charge >= 0.3 is 0 Å². The Kier molecular flexibility index (Phi) is 2.93. The maximum absolute atomic E-state index is 14.2. The molecule has 0 saturated carbocycles. The molecule has 106 valence electrons. The van der Waals surface area contributed by atoms with Crippen LogP contribution in [0.15, 0.2) is 34.8 Å². The first-order chi connectivity index (χ1) is 9.56. The SMILES string of the molecule is O=c1[nH]cnc2c1ccn2[C@@H]1C(F)=C(CO)[C@@H](O)[C@H]1O. The number of H-pyrrole nitrogens is 1. The van der Waals surface area contributed by atoms with E-state index in [0.717, 1.165) is 0 Å². The van der Waals surface area contributed by atoms with Crippen LogP contribution in [0.4, 0.5) is 4.39 Å². The molecular weight excluding hydrogens is 269 g/mol. The van der Waals surface area contributed by atoms with Gasteiger partial charge in [-0.05, 0) is 6.07 Å². The summed E-state index contributed by atoms with van der Waals surface area (Å²) in [5.41, 5.74) is -0.443. The Morgan fingerprint density at radius 2 is 2.20 bits per heavy atom. The van der Waals surface area contributed by atoms with Crippen LogP contribution in [-0.2, 0) is 0 Å². The highest BCUT2D eigenvalue weighted by Crippen LogP contribution is 2.38. The van der Waals surface area contributed by atoms with Gasteiger partial charge in [0.2, 0.25) is 0 Å². The molecule has 3 rings (SSSR count). The van der Waals surface area contributed by atoms with Gasteiger partial charge in [-0.2, -0.15) is 0 Å². The molecule has 7 nitrogen and oxygen atoms in total. The Balaban J connectivity index is 2.19. The number of aliphatic hydroxyl groups is 3. The highest BCUT2D eigenvalue weighted by Gasteiger charge is 2.43. The highest BCUT2D eigenvalue weighted by molar-refractivity contribution is 5.75. The summed E-state index contributed by atoms with van der Waals surface area (Å²) in [6, 6.07) is 0.240. The second kappa shape index (κ2) is 4.51. The van der Waals surface area contributed by atoms with E-state index in [0.29, 0.717) is 0 Å². The van der Waals surface area contributed by atoms with E-state index < -0.39 is 30.7 Å². The average Bonchev–Trinajstić information content (AvgIpc) is 2.92. The van der Waals surface area contributed by atoms with Crippen LogP contribution < -0.4 is 5.56 Å². The van der Waals surface area contributed by atoms with E-state index in [1.165, 1.54) is 23.2 Å². The molecule has 0 aliphatic heterocycles. The second-order valence-electron chi connectivity index (χ2n) is 4.60. The molecule has 2 heterocycles. The van der Waals surface area contributed by atoms with Gasteiger partial charge in [-0.1, -0.05) is 0 Å². The first kappa shape index (κ1) is 13.0. The molecule has 1 aliphatic rings. The van der Waals surface area contributed by atoms with Gasteiger partial charge in [0.05, 0.1) is 18.3 Å². The van der Waals surface area contributed by atoms with Crippen LogP contribution >= 0.6 is 0 Å². The van der Waals surface area contributed by atoms with Crippen molar-refractivity contribution in [2.75, 3.05) is 6.61 Å². The van der Waals surface area contributed by atoms with Crippen molar-refractivity contribution in [3.05, 3.63) is 40.3 Å². The lowest BCUT2D eigenvalue weighted by Gasteiger charge is -2.19. The van der Waals surface area contributed by atoms with Crippen molar-refractivity contribution in [2.45, 2.75) is 18.2 Å². The minimum atomic E-state index is -1.48. The van der Waals surface area contributed by atoms with Crippen LogP contribution in [0, 0.1) is 0 Å². The summed E-state index contributed by atoms with van der Waals surface area (Å²) in [5, 5.41) is 29.0. The average molecular weight is 281 g/mol. The standard InChI is InChI=1S/C12H12FN3O4/c13-7-6(3-17)9(18)10(19)8(7)16-2-1-5-11(16)14-4-15-12(5)20/h1-2,4,8-10,17-19H,3H2,(H,14,15,20)/t8-,9-,10+/m1/s1. The van der Waals surface area contributed by atoms with E-state index >= 15 is 0 Å². The third-order valence-corrected chi connectivity index (χ3v) is 3.55. The summed E-state index contributed by atoms with van der Waals surface area (Å²) >= 11 is 0. The van der Waals surface area contributed by atoms with Crippen LogP contribution in [0.5, 0.6) is 0 Å². The smallest absolute Gasteiger partial charge is 0.260 e. The number of nitrogens with zero attached hydrogens (tertiary/aromatic N) is 2. The fourth-order valence-electron chi connectivity index (χ4n) is 2.52. The van der Waals surface area contributed by atoms with Gasteiger partial charge in [0.15, 0.2) is 0 Å². The molecule has 0 spiro atoms. The summed E-state index contributed by atoms with van der Waals surface area (Å²) in [4.78, 5) is 17.9. The van der Waals surface area contributed by atoms with Gasteiger partial charge in [-0.3, -0.25) is 4.79 Å². The van der Waals surface area contributed by atoms with Gasteiger partial charge in [0.1, 0.15) is 29.7 Å². The zero-order chi connectivity index (χ0) is 14.4. The summed E-state index contributed by atoms with van der Waals surface area (Å²) in [7, 11) is 0.